The Balaban J connectivity index is 2.63. The van der Waals surface area contributed by atoms with Crippen molar-refractivity contribution in [1.82, 2.24) is 14.5 Å². The van der Waals surface area contributed by atoms with Gasteiger partial charge in [0.25, 0.3) is 0 Å². The van der Waals surface area contributed by atoms with Gasteiger partial charge in [-0.3, -0.25) is 0 Å². The van der Waals surface area contributed by atoms with Crippen LogP contribution in [0.1, 0.15) is 15.9 Å². The molecule has 0 fully saturated rings. The highest BCUT2D eigenvalue weighted by atomic mass is 16.4. The third kappa shape index (κ3) is 1.56. The number of aromatic carboxylic acids is 1. The minimum atomic E-state index is -0.920. The second-order valence-corrected chi connectivity index (χ2v) is 3.56. The Labute approximate surface area is 92.4 Å². The topological polar surface area (TPSA) is 68.0 Å². The quantitative estimate of drug-likeness (QED) is 0.827. The molecule has 0 radical (unpaired) electrons. The van der Waals surface area contributed by atoms with Crippen molar-refractivity contribution in [3.8, 4) is 11.3 Å². The summed E-state index contributed by atoms with van der Waals surface area (Å²) in [4.78, 5) is 18.8. The third-order valence-corrected chi connectivity index (χ3v) is 2.50. The molecule has 0 aromatic carbocycles. The van der Waals surface area contributed by atoms with Crippen molar-refractivity contribution in [3.05, 3.63) is 36.0 Å². The van der Waals surface area contributed by atoms with Gasteiger partial charge in [-0.25, -0.2) is 14.8 Å². The number of carboxylic acids is 1. The number of nitrogens with zero attached hydrogens (tertiary/aromatic N) is 3. The first kappa shape index (κ1) is 10.4. The molecule has 82 valence electrons. The molecule has 0 atom stereocenters. The molecule has 0 saturated heterocycles. The van der Waals surface area contributed by atoms with Crippen LogP contribution in [0.2, 0.25) is 0 Å². The van der Waals surface area contributed by atoms with Gasteiger partial charge in [0.2, 0.25) is 0 Å². The standard InChI is InChI=1S/C11H11N3O2/c1-7-9(11(15)16)5-14(2)10(7)8-3-12-6-13-4-8/h3-6H,1-2H3,(H,15,16). The Kier molecular flexibility index (Phi) is 2.44. The van der Waals surface area contributed by atoms with Gasteiger partial charge < -0.3 is 9.67 Å². The summed E-state index contributed by atoms with van der Waals surface area (Å²) in [5.41, 5.74) is 2.68. The zero-order valence-corrected chi connectivity index (χ0v) is 9.01. The van der Waals surface area contributed by atoms with E-state index in [1.807, 2.05) is 7.05 Å². The maximum Gasteiger partial charge on any atom is 0.337 e. The molecule has 0 bridgehead atoms. The number of hydrogen-bond acceptors (Lipinski definition) is 3. The SMILES string of the molecule is Cc1c(C(=O)O)cn(C)c1-c1cncnc1. The summed E-state index contributed by atoms with van der Waals surface area (Å²) in [6, 6.07) is 0. The van der Waals surface area contributed by atoms with E-state index in [1.54, 1.807) is 30.1 Å². The van der Waals surface area contributed by atoms with Gasteiger partial charge in [0.15, 0.2) is 0 Å². The summed E-state index contributed by atoms with van der Waals surface area (Å²) in [7, 11) is 1.81. The van der Waals surface area contributed by atoms with Gasteiger partial charge in [-0.2, -0.15) is 0 Å². The Morgan fingerprint density at radius 3 is 2.50 bits per heavy atom. The van der Waals surface area contributed by atoms with Crippen LogP contribution in [0.15, 0.2) is 24.9 Å². The van der Waals surface area contributed by atoms with Crippen LogP contribution in [-0.4, -0.2) is 25.6 Å². The summed E-state index contributed by atoms with van der Waals surface area (Å²) < 4.78 is 1.78. The molecule has 16 heavy (non-hydrogen) atoms. The number of carboxylic acid groups (broad SMARTS) is 1. The van der Waals surface area contributed by atoms with Crippen molar-refractivity contribution >= 4 is 5.97 Å². The fourth-order valence-electron chi connectivity index (χ4n) is 1.80. The highest BCUT2D eigenvalue weighted by Gasteiger charge is 2.16. The van der Waals surface area contributed by atoms with Crippen molar-refractivity contribution in [1.29, 1.82) is 0 Å². The zero-order chi connectivity index (χ0) is 11.7. The van der Waals surface area contributed by atoms with Gasteiger partial charge in [0, 0.05) is 31.2 Å². The Morgan fingerprint density at radius 2 is 2.00 bits per heavy atom. The normalized spacial score (nSPS) is 10.4. The molecule has 5 heteroatoms. The molecule has 0 spiro atoms. The molecule has 0 aliphatic carbocycles. The van der Waals surface area contributed by atoms with Gasteiger partial charge in [-0.1, -0.05) is 0 Å². The van der Waals surface area contributed by atoms with Crippen LogP contribution >= 0.6 is 0 Å². The predicted molar refractivity (Wildman–Crippen MR) is 58.1 cm³/mol. The van der Waals surface area contributed by atoms with E-state index in [2.05, 4.69) is 9.97 Å². The van der Waals surface area contributed by atoms with E-state index < -0.39 is 5.97 Å². The third-order valence-electron chi connectivity index (χ3n) is 2.50. The van der Waals surface area contributed by atoms with E-state index in [9.17, 15) is 4.79 Å². The summed E-state index contributed by atoms with van der Waals surface area (Å²) in [6.45, 7) is 1.78. The molecule has 2 heterocycles. The highest BCUT2D eigenvalue weighted by molar-refractivity contribution is 5.91. The molecule has 2 rings (SSSR count). The van der Waals surface area contributed by atoms with Gasteiger partial charge in [-0.15, -0.1) is 0 Å². The minimum absolute atomic E-state index is 0.307. The first-order chi connectivity index (χ1) is 7.61. The Hall–Kier alpha value is -2.17. The lowest BCUT2D eigenvalue weighted by molar-refractivity contribution is 0.0696. The van der Waals surface area contributed by atoms with E-state index in [4.69, 9.17) is 5.11 Å². The summed E-state index contributed by atoms with van der Waals surface area (Å²) in [6.07, 6.45) is 6.38. The molecule has 0 aliphatic rings. The van der Waals surface area contributed by atoms with Crippen LogP contribution in [0.3, 0.4) is 0 Å². The highest BCUT2D eigenvalue weighted by Crippen LogP contribution is 2.25. The van der Waals surface area contributed by atoms with Crippen molar-refractivity contribution in [3.63, 3.8) is 0 Å². The maximum atomic E-state index is 11.0. The molecular weight excluding hydrogens is 206 g/mol. The van der Waals surface area contributed by atoms with E-state index in [0.29, 0.717) is 5.56 Å². The average molecular weight is 217 g/mol. The fraction of sp³-hybridized carbons (Fsp3) is 0.182. The van der Waals surface area contributed by atoms with Gasteiger partial charge in [0.1, 0.15) is 6.33 Å². The monoisotopic (exact) mass is 217 g/mol. The number of rotatable bonds is 2. The molecule has 0 amide bonds. The van der Waals surface area contributed by atoms with Crippen LogP contribution in [0, 0.1) is 6.92 Å². The number of hydrogen-bond donors (Lipinski definition) is 1. The first-order valence-corrected chi connectivity index (χ1v) is 4.76. The molecular formula is C11H11N3O2. The minimum Gasteiger partial charge on any atom is -0.478 e. The number of aromatic nitrogens is 3. The molecule has 2 aromatic rings. The summed E-state index contributed by atoms with van der Waals surface area (Å²) in [5, 5.41) is 9.01. The van der Waals surface area contributed by atoms with E-state index in [-0.39, 0.29) is 0 Å². The van der Waals surface area contributed by atoms with E-state index in [1.165, 1.54) is 6.33 Å². The van der Waals surface area contributed by atoms with Crippen LogP contribution in [0.25, 0.3) is 11.3 Å². The Bertz CT molecular complexity index is 532. The molecule has 2 aromatic heterocycles. The van der Waals surface area contributed by atoms with E-state index in [0.717, 1.165) is 16.8 Å². The lowest BCUT2D eigenvalue weighted by Crippen LogP contribution is -1.96. The lowest BCUT2D eigenvalue weighted by atomic mass is 10.1. The molecule has 0 aliphatic heterocycles. The first-order valence-electron chi connectivity index (χ1n) is 4.76. The summed E-state index contributed by atoms with van der Waals surface area (Å²) in [5.74, 6) is -0.920. The van der Waals surface area contributed by atoms with Gasteiger partial charge in [0.05, 0.1) is 11.3 Å². The van der Waals surface area contributed by atoms with Gasteiger partial charge >= 0.3 is 5.97 Å². The summed E-state index contributed by atoms with van der Waals surface area (Å²) >= 11 is 0. The second kappa shape index (κ2) is 3.77. The Morgan fingerprint density at radius 1 is 1.38 bits per heavy atom. The molecule has 0 unspecified atom stereocenters. The lowest BCUT2D eigenvalue weighted by Gasteiger charge is -2.03. The maximum absolute atomic E-state index is 11.0. The largest absolute Gasteiger partial charge is 0.478 e. The molecule has 1 N–H and O–H groups in total. The second-order valence-electron chi connectivity index (χ2n) is 3.56. The van der Waals surface area contributed by atoms with E-state index >= 15 is 0 Å². The number of carbonyl (C=O) groups is 1. The smallest absolute Gasteiger partial charge is 0.337 e. The average Bonchev–Trinajstić information content (AvgIpc) is 2.56. The molecule has 5 nitrogen and oxygen atoms in total. The zero-order valence-electron chi connectivity index (χ0n) is 9.01. The van der Waals surface area contributed by atoms with Crippen molar-refractivity contribution in [2.45, 2.75) is 6.92 Å². The molecule has 0 saturated carbocycles. The van der Waals surface area contributed by atoms with Crippen molar-refractivity contribution in [2.75, 3.05) is 0 Å². The van der Waals surface area contributed by atoms with Crippen LogP contribution in [0.4, 0.5) is 0 Å². The van der Waals surface area contributed by atoms with Gasteiger partial charge in [-0.05, 0) is 12.5 Å². The number of aryl methyl sites for hydroxylation is 1. The van der Waals surface area contributed by atoms with Crippen LogP contribution in [0.5, 0.6) is 0 Å². The van der Waals surface area contributed by atoms with Crippen LogP contribution < -0.4 is 0 Å². The van der Waals surface area contributed by atoms with Crippen LogP contribution in [-0.2, 0) is 7.05 Å². The van der Waals surface area contributed by atoms with Crippen molar-refractivity contribution < 1.29 is 9.90 Å². The van der Waals surface area contributed by atoms with Crippen molar-refractivity contribution in [2.24, 2.45) is 7.05 Å². The fourth-order valence-corrected chi connectivity index (χ4v) is 1.80. The predicted octanol–water partition coefficient (Wildman–Crippen LogP) is 1.49.